The van der Waals surface area contributed by atoms with E-state index in [1.165, 1.54) is 11.8 Å². The molecule has 2 aromatic rings. The van der Waals surface area contributed by atoms with Crippen molar-refractivity contribution in [2.75, 3.05) is 0 Å². The smallest absolute Gasteiger partial charge is 0.190 e. The SMILES string of the molecule is CCC(C)n1c(C)csc1=Nc1ccccc1F. The molecule has 2 nitrogen and oxygen atoms in total. The summed E-state index contributed by atoms with van der Waals surface area (Å²) in [4.78, 5) is 5.29. The third kappa shape index (κ3) is 2.53. The summed E-state index contributed by atoms with van der Waals surface area (Å²) in [5.74, 6) is -0.278. The Bertz CT molecular complexity index is 598. The van der Waals surface area contributed by atoms with E-state index in [2.05, 4.69) is 35.7 Å². The molecule has 1 heterocycles. The number of para-hydroxylation sites is 1. The zero-order valence-electron chi connectivity index (χ0n) is 10.9. The summed E-state index contributed by atoms with van der Waals surface area (Å²) < 4.78 is 15.8. The van der Waals surface area contributed by atoms with Crippen LogP contribution >= 0.6 is 11.3 Å². The minimum atomic E-state index is -0.278. The van der Waals surface area contributed by atoms with E-state index in [-0.39, 0.29) is 5.82 Å². The van der Waals surface area contributed by atoms with Gasteiger partial charge in [0.05, 0.1) is 0 Å². The highest BCUT2D eigenvalue weighted by molar-refractivity contribution is 7.07. The van der Waals surface area contributed by atoms with Crippen LogP contribution in [0.15, 0.2) is 34.6 Å². The molecule has 0 bridgehead atoms. The summed E-state index contributed by atoms with van der Waals surface area (Å²) >= 11 is 1.55. The predicted molar refractivity (Wildman–Crippen MR) is 73.7 cm³/mol. The molecule has 2 rings (SSSR count). The van der Waals surface area contributed by atoms with Gasteiger partial charge in [-0.2, -0.15) is 0 Å². The number of thiazole rings is 1. The van der Waals surface area contributed by atoms with Crippen molar-refractivity contribution in [1.29, 1.82) is 0 Å². The lowest BCUT2D eigenvalue weighted by Gasteiger charge is -2.13. The molecular weight excluding hydrogens is 247 g/mol. The van der Waals surface area contributed by atoms with Gasteiger partial charge in [-0.3, -0.25) is 0 Å². The van der Waals surface area contributed by atoms with Crippen molar-refractivity contribution in [3.05, 3.63) is 46.0 Å². The van der Waals surface area contributed by atoms with Gasteiger partial charge in [-0.25, -0.2) is 9.38 Å². The Morgan fingerprint density at radius 1 is 1.39 bits per heavy atom. The second-order valence-electron chi connectivity index (χ2n) is 4.35. The Labute approximate surface area is 110 Å². The maximum Gasteiger partial charge on any atom is 0.190 e. The van der Waals surface area contributed by atoms with E-state index in [0.717, 1.165) is 11.2 Å². The molecule has 0 aliphatic heterocycles. The Balaban J connectivity index is 2.55. The Morgan fingerprint density at radius 2 is 2.11 bits per heavy atom. The van der Waals surface area contributed by atoms with E-state index < -0.39 is 0 Å². The second-order valence-corrected chi connectivity index (χ2v) is 5.19. The molecule has 0 aliphatic carbocycles. The fraction of sp³-hybridized carbons (Fsp3) is 0.357. The number of benzene rings is 1. The first-order valence-corrected chi connectivity index (χ1v) is 6.97. The van der Waals surface area contributed by atoms with Crippen LogP contribution in [-0.4, -0.2) is 4.57 Å². The van der Waals surface area contributed by atoms with Crippen LogP contribution < -0.4 is 4.80 Å². The van der Waals surface area contributed by atoms with Gasteiger partial charge in [-0.1, -0.05) is 19.1 Å². The summed E-state index contributed by atoms with van der Waals surface area (Å²) in [5, 5.41) is 2.06. The summed E-state index contributed by atoms with van der Waals surface area (Å²) in [7, 11) is 0. The van der Waals surface area contributed by atoms with E-state index in [4.69, 9.17) is 0 Å². The molecular formula is C14H17FN2S. The van der Waals surface area contributed by atoms with Crippen molar-refractivity contribution in [3.63, 3.8) is 0 Å². The third-order valence-corrected chi connectivity index (χ3v) is 3.98. The van der Waals surface area contributed by atoms with Gasteiger partial charge in [-0.15, -0.1) is 11.3 Å². The van der Waals surface area contributed by atoms with E-state index in [1.54, 1.807) is 29.5 Å². The minimum absolute atomic E-state index is 0.278. The standard InChI is InChI=1S/C14H17FN2S/c1-4-10(2)17-11(3)9-18-14(17)16-13-8-6-5-7-12(13)15/h5-10H,4H2,1-3H3. The summed E-state index contributed by atoms with van der Waals surface area (Å²) in [6, 6.07) is 6.99. The molecule has 0 radical (unpaired) electrons. The van der Waals surface area contributed by atoms with Crippen molar-refractivity contribution in [3.8, 4) is 0 Å². The van der Waals surface area contributed by atoms with Crippen LogP contribution in [0.25, 0.3) is 0 Å². The molecule has 0 fully saturated rings. The maximum atomic E-state index is 13.6. The van der Waals surface area contributed by atoms with Crippen LogP contribution in [0.5, 0.6) is 0 Å². The van der Waals surface area contributed by atoms with E-state index in [1.807, 2.05) is 0 Å². The monoisotopic (exact) mass is 264 g/mol. The van der Waals surface area contributed by atoms with Gasteiger partial charge >= 0.3 is 0 Å². The average molecular weight is 264 g/mol. The van der Waals surface area contributed by atoms with Crippen LogP contribution in [0.3, 0.4) is 0 Å². The van der Waals surface area contributed by atoms with Crippen LogP contribution in [0.2, 0.25) is 0 Å². The number of hydrogen-bond acceptors (Lipinski definition) is 2. The molecule has 4 heteroatoms. The topological polar surface area (TPSA) is 17.3 Å². The van der Waals surface area contributed by atoms with E-state index >= 15 is 0 Å². The van der Waals surface area contributed by atoms with Crippen molar-refractivity contribution >= 4 is 17.0 Å². The second kappa shape index (κ2) is 5.48. The molecule has 0 amide bonds. The third-order valence-electron chi connectivity index (χ3n) is 3.02. The minimum Gasteiger partial charge on any atom is -0.318 e. The molecule has 96 valence electrons. The van der Waals surface area contributed by atoms with E-state index in [0.29, 0.717) is 11.7 Å². The van der Waals surface area contributed by atoms with Gasteiger partial charge in [0.2, 0.25) is 0 Å². The first kappa shape index (κ1) is 13.0. The first-order valence-electron chi connectivity index (χ1n) is 6.09. The molecule has 0 aliphatic rings. The van der Waals surface area contributed by atoms with E-state index in [9.17, 15) is 4.39 Å². The van der Waals surface area contributed by atoms with Crippen molar-refractivity contribution < 1.29 is 4.39 Å². The first-order chi connectivity index (χ1) is 8.63. The van der Waals surface area contributed by atoms with Gasteiger partial charge in [-0.05, 0) is 32.4 Å². The quantitative estimate of drug-likeness (QED) is 0.790. The largest absolute Gasteiger partial charge is 0.318 e. The fourth-order valence-corrected chi connectivity index (χ4v) is 2.82. The van der Waals surface area contributed by atoms with Gasteiger partial charge in [0.15, 0.2) is 4.80 Å². The van der Waals surface area contributed by atoms with Crippen LogP contribution in [-0.2, 0) is 0 Å². The average Bonchev–Trinajstić information content (AvgIpc) is 2.72. The number of rotatable bonds is 3. The summed E-state index contributed by atoms with van der Waals surface area (Å²) in [6.07, 6.45) is 1.03. The van der Waals surface area contributed by atoms with Crippen molar-refractivity contribution in [2.24, 2.45) is 4.99 Å². The highest BCUT2D eigenvalue weighted by atomic mass is 32.1. The van der Waals surface area contributed by atoms with Gasteiger partial charge in [0.1, 0.15) is 11.5 Å². The number of aromatic nitrogens is 1. The molecule has 1 aromatic heterocycles. The van der Waals surface area contributed by atoms with Crippen LogP contribution in [0.4, 0.5) is 10.1 Å². The van der Waals surface area contributed by atoms with Crippen LogP contribution in [0, 0.1) is 12.7 Å². The number of halogens is 1. The maximum absolute atomic E-state index is 13.6. The summed E-state index contributed by atoms with van der Waals surface area (Å²) in [5.41, 5.74) is 1.57. The molecule has 0 N–H and O–H groups in total. The Morgan fingerprint density at radius 3 is 2.78 bits per heavy atom. The van der Waals surface area contributed by atoms with Gasteiger partial charge < -0.3 is 4.57 Å². The van der Waals surface area contributed by atoms with Gasteiger partial charge in [0.25, 0.3) is 0 Å². The Kier molecular flexibility index (Phi) is 3.97. The highest BCUT2D eigenvalue weighted by Gasteiger charge is 2.08. The predicted octanol–water partition coefficient (Wildman–Crippen LogP) is 4.20. The zero-order valence-corrected chi connectivity index (χ0v) is 11.7. The highest BCUT2D eigenvalue weighted by Crippen LogP contribution is 2.17. The van der Waals surface area contributed by atoms with Crippen molar-refractivity contribution in [1.82, 2.24) is 4.57 Å². The normalized spacial score (nSPS) is 13.9. The number of aryl methyl sites for hydroxylation is 1. The van der Waals surface area contributed by atoms with Gasteiger partial charge in [0, 0.05) is 17.1 Å². The molecule has 1 atom stereocenters. The molecule has 1 aromatic carbocycles. The number of hydrogen-bond donors (Lipinski definition) is 0. The Hall–Kier alpha value is -1.42. The zero-order chi connectivity index (χ0) is 13.1. The fourth-order valence-electron chi connectivity index (χ4n) is 1.85. The summed E-state index contributed by atoms with van der Waals surface area (Å²) in [6.45, 7) is 6.35. The lowest BCUT2D eigenvalue weighted by Crippen LogP contribution is -2.19. The molecule has 0 saturated heterocycles. The molecule has 1 unspecified atom stereocenters. The molecule has 0 spiro atoms. The lowest BCUT2D eigenvalue weighted by molar-refractivity contribution is 0.507. The van der Waals surface area contributed by atoms with Crippen LogP contribution in [0.1, 0.15) is 32.0 Å². The molecule has 18 heavy (non-hydrogen) atoms. The lowest BCUT2D eigenvalue weighted by atomic mass is 10.2. The van der Waals surface area contributed by atoms with Crippen molar-refractivity contribution in [2.45, 2.75) is 33.2 Å². The molecule has 0 saturated carbocycles. The number of nitrogens with zero attached hydrogens (tertiary/aromatic N) is 2.